The summed E-state index contributed by atoms with van der Waals surface area (Å²) in [7, 11) is 0. The summed E-state index contributed by atoms with van der Waals surface area (Å²) < 4.78 is 8.09. The van der Waals surface area contributed by atoms with Gasteiger partial charge in [0, 0.05) is 14.3 Å². The van der Waals surface area contributed by atoms with Gasteiger partial charge in [0.15, 0.2) is 0 Å². The Morgan fingerprint density at radius 1 is 1.05 bits per heavy atom. The van der Waals surface area contributed by atoms with Crippen LogP contribution in [-0.4, -0.2) is 11.2 Å². The van der Waals surface area contributed by atoms with Crippen molar-refractivity contribution >= 4 is 32.1 Å². The van der Waals surface area contributed by atoms with Crippen molar-refractivity contribution in [2.45, 2.75) is 26.1 Å². The Balaban J connectivity index is 1.82. The molecule has 20 heavy (non-hydrogen) atoms. The molecular weight excluding hydrogens is 288 g/mol. The molecule has 1 N–H and O–H groups in total. The minimum Gasteiger partial charge on any atom is -0.491 e. The molecule has 3 aromatic rings. The van der Waals surface area contributed by atoms with E-state index in [1.54, 1.807) is 22.7 Å². The van der Waals surface area contributed by atoms with E-state index in [0.29, 0.717) is 0 Å². The molecule has 0 amide bonds. The SMILES string of the molecule is CC(C)Oc1ccc(C(O)c2cc3sccc3s2)cc1. The lowest BCUT2D eigenvalue weighted by Gasteiger charge is -2.12. The normalized spacial score (nSPS) is 13.0. The molecule has 0 fully saturated rings. The Kier molecular flexibility index (Phi) is 3.78. The van der Waals surface area contributed by atoms with Gasteiger partial charge >= 0.3 is 0 Å². The highest BCUT2D eigenvalue weighted by Gasteiger charge is 2.14. The predicted octanol–water partition coefficient (Wildman–Crippen LogP) is 4.83. The lowest BCUT2D eigenvalue weighted by molar-refractivity contribution is 0.223. The summed E-state index contributed by atoms with van der Waals surface area (Å²) in [6, 6.07) is 11.9. The quantitative estimate of drug-likeness (QED) is 0.748. The van der Waals surface area contributed by atoms with Crippen molar-refractivity contribution in [2.24, 2.45) is 0 Å². The molecule has 0 spiro atoms. The molecule has 1 aromatic carbocycles. The number of thiophene rings is 2. The summed E-state index contributed by atoms with van der Waals surface area (Å²) in [5.41, 5.74) is 0.898. The number of aliphatic hydroxyl groups is 1. The summed E-state index contributed by atoms with van der Waals surface area (Å²) in [5.74, 6) is 0.836. The second kappa shape index (κ2) is 5.56. The monoisotopic (exact) mass is 304 g/mol. The molecule has 2 nitrogen and oxygen atoms in total. The van der Waals surface area contributed by atoms with Crippen LogP contribution in [0.1, 0.15) is 30.4 Å². The third kappa shape index (κ3) is 2.73. The number of fused-ring (bicyclic) bond motifs is 1. The van der Waals surface area contributed by atoms with Gasteiger partial charge < -0.3 is 9.84 Å². The zero-order chi connectivity index (χ0) is 14.1. The maximum absolute atomic E-state index is 10.5. The summed E-state index contributed by atoms with van der Waals surface area (Å²) in [6.07, 6.45) is -0.400. The highest BCUT2D eigenvalue weighted by molar-refractivity contribution is 7.26. The van der Waals surface area contributed by atoms with Gasteiger partial charge in [-0.05, 0) is 49.1 Å². The number of hydrogen-bond donors (Lipinski definition) is 1. The van der Waals surface area contributed by atoms with Crippen LogP contribution in [0.2, 0.25) is 0 Å². The van der Waals surface area contributed by atoms with Crippen molar-refractivity contribution in [3.63, 3.8) is 0 Å². The molecule has 0 aliphatic rings. The van der Waals surface area contributed by atoms with Crippen molar-refractivity contribution in [2.75, 3.05) is 0 Å². The van der Waals surface area contributed by atoms with E-state index in [2.05, 4.69) is 17.5 Å². The molecular formula is C16H16O2S2. The topological polar surface area (TPSA) is 29.5 Å². The Labute approximate surface area is 126 Å². The fraction of sp³-hybridized carbons (Fsp3) is 0.250. The van der Waals surface area contributed by atoms with Crippen molar-refractivity contribution in [3.05, 3.63) is 52.2 Å². The van der Waals surface area contributed by atoms with Gasteiger partial charge in [0.05, 0.1) is 6.10 Å². The third-order valence-electron chi connectivity index (χ3n) is 3.00. The second-order valence-electron chi connectivity index (χ2n) is 4.94. The summed E-state index contributed by atoms with van der Waals surface area (Å²) in [6.45, 7) is 4.00. The van der Waals surface area contributed by atoms with E-state index in [-0.39, 0.29) is 6.10 Å². The molecule has 0 bridgehead atoms. The van der Waals surface area contributed by atoms with Crippen LogP contribution in [0.3, 0.4) is 0 Å². The highest BCUT2D eigenvalue weighted by Crippen LogP contribution is 2.36. The second-order valence-corrected chi connectivity index (χ2v) is 7.00. The van der Waals surface area contributed by atoms with Crippen LogP contribution in [0.4, 0.5) is 0 Å². The molecule has 3 rings (SSSR count). The van der Waals surface area contributed by atoms with Crippen LogP contribution in [0.25, 0.3) is 9.40 Å². The van der Waals surface area contributed by atoms with Crippen LogP contribution >= 0.6 is 22.7 Å². The molecule has 1 atom stereocenters. The van der Waals surface area contributed by atoms with Gasteiger partial charge in [-0.1, -0.05) is 12.1 Å². The fourth-order valence-electron chi connectivity index (χ4n) is 2.08. The highest BCUT2D eigenvalue weighted by atomic mass is 32.1. The average Bonchev–Trinajstić information content (AvgIpc) is 2.98. The molecule has 0 radical (unpaired) electrons. The Bertz CT molecular complexity index is 666. The number of rotatable bonds is 4. The van der Waals surface area contributed by atoms with Crippen LogP contribution in [0.15, 0.2) is 41.8 Å². The number of hydrogen-bond acceptors (Lipinski definition) is 4. The maximum Gasteiger partial charge on any atom is 0.119 e. The zero-order valence-corrected chi connectivity index (χ0v) is 13.0. The summed E-state index contributed by atoms with van der Waals surface area (Å²) in [4.78, 5) is 0.990. The van der Waals surface area contributed by atoms with Crippen molar-refractivity contribution in [3.8, 4) is 5.75 Å². The van der Waals surface area contributed by atoms with E-state index >= 15 is 0 Å². The fourth-order valence-corrected chi connectivity index (χ4v) is 4.22. The molecule has 0 aliphatic heterocycles. The first-order chi connectivity index (χ1) is 9.63. The Morgan fingerprint density at radius 2 is 1.80 bits per heavy atom. The molecule has 0 saturated heterocycles. The van der Waals surface area contributed by atoms with Gasteiger partial charge in [-0.25, -0.2) is 0 Å². The largest absolute Gasteiger partial charge is 0.491 e. The van der Waals surface area contributed by atoms with Crippen LogP contribution in [0, 0.1) is 0 Å². The van der Waals surface area contributed by atoms with Gasteiger partial charge in [-0.3, -0.25) is 0 Å². The first-order valence-electron chi connectivity index (χ1n) is 6.55. The van der Waals surface area contributed by atoms with Crippen LogP contribution in [-0.2, 0) is 0 Å². The van der Waals surface area contributed by atoms with E-state index in [1.807, 2.05) is 38.1 Å². The Hall–Kier alpha value is -1.36. The van der Waals surface area contributed by atoms with E-state index in [4.69, 9.17) is 4.74 Å². The van der Waals surface area contributed by atoms with E-state index in [1.165, 1.54) is 9.40 Å². The third-order valence-corrected chi connectivity index (χ3v) is 5.14. The van der Waals surface area contributed by atoms with Gasteiger partial charge in [0.1, 0.15) is 11.9 Å². The van der Waals surface area contributed by atoms with Gasteiger partial charge in [-0.2, -0.15) is 0 Å². The van der Waals surface area contributed by atoms with Crippen molar-refractivity contribution < 1.29 is 9.84 Å². The van der Waals surface area contributed by atoms with Crippen LogP contribution in [0.5, 0.6) is 5.75 Å². The Morgan fingerprint density at radius 3 is 2.45 bits per heavy atom. The van der Waals surface area contributed by atoms with Gasteiger partial charge in [0.2, 0.25) is 0 Å². The first-order valence-corrected chi connectivity index (χ1v) is 8.25. The summed E-state index contributed by atoms with van der Waals surface area (Å²) >= 11 is 3.36. The lowest BCUT2D eigenvalue weighted by Crippen LogP contribution is -2.05. The van der Waals surface area contributed by atoms with Crippen molar-refractivity contribution in [1.29, 1.82) is 0 Å². The van der Waals surface area contributed by atoms with Crippen molar-refractivity contribution in [1.82, 2.24) is 0 Å². The number of ether oxygens (including phenoxy) is 1. The maximum atomic E-state index is 10.5. The molecule has 2 aromatic heterocycles. The predicted molar refractivity (Wildman–Crippen MR) is 86.0 cm³/mol. The summed E-state index contributed by atoms with van der Waals surface area (Å²) in [5, 5.41) is 12.5. The van der Waals surface area contributed by atoms with E-state index in [0.717, 1.165) is 16.2 Å². The van der Waals surface area contributed by atoms with E-state index < -0.39 is 6.10 Å². The number of aliphatic hydroxyl groups excluding tert-OH is 1. The minimum atomic E-state index is -0.562. The average molecular weight is 304 g/mol. The zero-order valence-electron chi connectivity index (χ0n) is 11.4. The van der Waals surface area contributed by atoms with E-state index in [9.17, 15) is 5.11 Å². The van der Waals surface area contributed by atoms with Gasteiger partial charge in [0.25, 0.3) is 0 Å². The molecule has 1 unspecified atom stereocenters. The molecule has 0 aliphatic carbocycles. The molecule has 104 valence electrons. The van der Waals surface area contributed by atoms with Gasteiger partial charge in [-0.15, -0.1) is 22.7 Å². The molecule has 4 heteroatoms. The lowest BCUT2D eigenvalue weighted by atomic mass is 10.1. The molecule has 0 saturated carbocycles. The minimum absolute atomic E-state index is 0.162. The first kappa shape index (κ1) is 13.6. The van der Waals surface area contributed by atoms with Crippen LogP contribution < -0.4 is 4.74 Å². The molecule has 2 heterocycles. The smallest absolute Gasteiger partial charge is 0.119 e. The number of benzene rings is 1. The standard InChI is InChI=1S/C16H16O2S2/c1-10(2)18-12-5-3-11(4-6-12)16(17)15-9-14-13(20-15)7-8-19-14/h3-10,16-17H,1-2H3.